The summed E-state index contributed by atoms with van der Waals surface area (Å²) < 4.78 is -0.912. The maximum absolute atomic E-state index is 9.19. The molecule has 2 N–H and O–H groups in total. The summed E-state index contributed by atoms with van der Waals surface area (Å²) in [5.41, 5.74) is 0. The van der Waals surface area contributed by atoms with E-state index in [2.05, 4.69) is 31.9 Å². The van der Waals surface area contributed by atoms with Gasteiger partial charge in [0.15, 0.2) is 3.42 Å². The lowest BCUT2D eigenvalue weighted by Crippen LogP contribution is -2.09. The van der Waals surface area contributed by atoms with Gasteiger partial charge in [0, 0.05) is 24.5 Å². The lowest BCUT2D eigenvalue weighted by atomic mass is 10.5. The number of hydrogen-bond donors (Lipinski definition) is 2. The minimum absolute atomic E-state index is 0.258. The topological polar surface area (TPSA) is 40.5 Å². The second-order valence-corrected chi connectivity index (χ2v) is 8.53. The number of alkyl halides is 2. The van der Waals surface area contributed by atoms with E-state index in [-0.39, 0.29) is 6.61 Å². The minimum Gasteiger partial charge on any atom is -0.396 e. The summed E-state index contributed by atoms with van der Waals surface area (Å²) in [6, 6.07) is 0. The molecule has 0 spiro atoms. The molecule has 0 aromatic carbocycles. The Bertz CT molecular complexity index is 108. The Hall–Kier alpha value is 1.58. The summed E-state index contributed by atoms with van der Waals surface area (Å²) in [4.78, 5) is 0. The summed E-state index contributed by atoms with van der Waals surface area (Å²) in [6.45, 7) is 0.258. The van der Waals surface area contributed by atoms with Crippen LogP contribution in [0, 0.1) is 0 Å². The highest BCUT2D eigenvalue weighted by Gasteiger charge is 2.16. The Morgan fingerprint density at radius 2 is 1.75 bits per heavy atom. The molecule has 0 aliphatic heterocycles. The van der Waals surface area contributed by atoms with Crippen molar-refractivity contribution in [3.63, 3.8) is 0 Å². The summed E-state index contributed by atoms with van der Waals surface area (Å²) in [7, 11) is 3.43. The van der Waals surface area contributed by atoms with Crippen LogP contribution in [-0.2, 0) is 0 Å². The quantitative estimate of drug-likeness (QED) is 0.425. The molecule has 2 nitrogen and oxygen atoms in total. The first-order valence-corrected chi connectivity index (χ1v) is 7.59. The number of rotatable bonds is 7. The molecule has 0 atom stereocenters. The molecule has 74 valence electrons. The monoisotopic (exact) mass is 338 g/mol. The predicted molar refractivity (Wildman–Crippen MR) is 64.0 cm³/mol. The van der Waals surface area contributed by atoms with Crippen molar-refractivity contribution in [3.05, 3.63) is 0 Å². The molecular formula is C6H12Br2O2S2. The van der Waals surface area contributed by atoms with Gasteiger partial charge >= 0.3 is 0 Å². The molecule has 0 fully saturated rings. The van der Waals surface area contributed by atoms with Crippen LogP contribution < -0.4 is 0 Å². The zero-order chi connectivity index (χ0) is 9.45. The van der Waals surface area contributed by atoms with Crippen molar-refractivity contribution in [2.45, 2.75) is 16.3 Å². The van der Waals surface area contributed by atoms with Crippen LogP contribution in [0.5, 0.6) is 0 Å². The first-order chi connectivity index (χ1) is 5.56. The van der Waals surface area contributed by atoms with Crippen molar-refractivity contribution in [3.8, 4) is 0 Å². The van der Waals surface area contributed by atoms with Gasteiger partial charge in [-0.05, 0) is 38.3 Å². The highest BCUT2D eigenvalue weighted by Crippen LogP contribution is 2.31. The lowest BCUT2D eigenvalue weighted by Gasteiger charge is -2.11. The van der Waals surface area contributed by atoms with Crippen LogP contribution >= 0.6 is 53.4 Å². The molecule has 0 aliphatic rings. The number of hydrogen-bond acceptors (Lipinski definition) is 4. The van der Waals surface area contributed by atoms with E-state index < -0.39 is 3.42 Å². The van der Waals surface area contributed by atoms with Crippen LogP contribution in [0.2, 0.25) is 0 Å². The normalized spacial score (nSPS) is 12.0. The Labute approximate surface area is 97.5 Å². The highest BCUT2D eigenvalue weighted by molar-refractivity contribution is 9.25. The molecule has 0 aromatic heterocycles. The van der Waals surface area contributed by atoms with Crippen molar-refractivity contribution >= 4 is 53.4 Å². The molecule has 0 unspecified atom stereocenters. The van der Waals surface area contributed by atoms with Crippen molar-refractivity contribution in [1.82, 2.24) is 0 Å². The molecule has 12 heavy (non-hydrogen) atoms. The molecule has 0 saturated carbocycles. The third kappa shape index (κ3) is 11.6. The second-order valence-electron chi connectivity index (χ2n) is 2.14. The van der Waals surface area contributed by atoms with Gasteiger partial charge in [0.05, 0.1) is 0 Å². The van der Waals surface area contributed by atoms with Crippen molar-refractivity contribution in [1.29, 1.82) is 0 Å². The second kappa shape index (κ2) is 7.94. The van der Waals surface area contributed by atoms with E-state index in [0.29, 0.717) is 6.42 Å². The number of aliphatic hydroxyl groups is 2. The molecular weight excluding hydrogens is 328 g/mol. The predicted octanol–water partition coefficient (Wildman–Crippen LogP) is 2.58. The maximum atomic E-state index is 9.19. The summed E-state index contributed by atoms with van der Waals surface area (Å²) in [5.74, 6) is 1.84. The molecule has 0 bridgehead atoms. The summed E-state index contributed by atoms with van der Waals surface area (Å²) in [5, 5.41) is 17.7. The Kier molecular flexibility index (Phi) is 8.98. The molecule has 0 saturated heterocycles. The van der Waals surface area contributed by atoms with Gasteiger partial charge < -0.3 is 10.2 Å². The van der Waals surface area contributed by atoms with Gasteiger partial charge in [0.1, 0.15) is 0 Å². The summed E-state index contributed by atoms with van der Waals surface area (Å²) in [6.07, 6.45) is 1.49. The Morgan fingerprint density at radius 3 is 2.25 bits per heavy atom. The van der Waals surface area contributed by atoms with Crippen molar-refractivity contribution < 1.29 is 10.2 Å². The van der Waals surface area contributed by atoms with Gasteiger partial charge in [-0.1, -0.05) is 21.6 Å². The fraction of sp³-hybridized carbons (Fsp3) is 1.00. The SMILES string of the molecule is OCCCSSCCC(O)(Br)Br. The zero-order valence-corrected chi connectivity index (χ0v) is 11.3. The minimum atomic E-state index is -0.912. The fourth-order valence-corrected chi connectivity index (χ4v) is 3.50. The Morgan fingerprint density at radius 1 is 1.17 bits per heavy atom. The van der Waals surface area contributed by atoms with Crippen LogP contribution in [0.25, 0.3) is 0 Å². The van der Waals surface area contributed by atoms with Crippen LogP contribution in [0.4, 0.5) is 0 Å². The van der Waals surface area contributed by atoms with Gasteiger partial charge in [-0.15, -0.1) is 0 Å². The van der Waals surface area contributed by atoms with Gasteiger partial charge in [-0.2, -0.15) is 0 Å². The van der Waals surface area contributed by atoms with E-state index in [1.54, 1.807) is 21.6 Å². The largest absolute Gasteiger partial charge is 0.396 e. The molecule has 6 heteroatoms. The van der Waals surface area contributed by atoms with E-state index in [1.165, 1.54) is 0 Å². The maximum Gasteiger partial charge on any atom is 0.175 e. The van der Waals surface area contributed by atoms with E-state index in [0.717, 1.165) is 17.9 Å². The molecule has 0 aromatic rings. The third-order valence-electron chi connectivity index (χ3n) is 0.955. The first kappa shape index (κ1) is 13.6. The average Bonchev–Trinajstić information content (AvgIpc) is 1.94. The fourth-order valence-electron chi connectivity index (χ4n) is 0.406. The van der Waals surface area contributed by atoms with Crippen LogP contribution in [0.1, 0.15) is 12.8 Å². The molecule has 0 heterocycles. The standard InChI is InChI=1S/C6H12Br2O2S2/c7-6(8,10)2-5-12-11-4-1-3-9/h9-10H,1-5H2. The van der Waals surface area contributed by atoms with E-state index in [1.807, 2.05) is 0 Å². The van der Waals surface area contributed by atoms with E-state index in [4.69, 9.17) is 5.11 Å². The van der Waals surface area contributed by atoms with Crippen LogP contribution in [0.3, 0.4) is 0 Å². The van der Waals surface area contributed by atoms with Gasteiger partial charge in [0.25, 0.3) is 0 Å². The van der Waals surface area contributed by atoms with E-state index >= 15 is 0 Å². The average molecular weight is 340 g/mol. The van der Waals surface area contributed by atoms with Gasteiger partial charge in [0.2, 0.25) is 0 Å². The molecule has 0 radical (unpaired) electrons. The number of halogens is 2. The Balaban J connectivity index is 3.01. The van der Waals surface area contributed by atoms with Crippen LogP contribution in [-0.4, -0.2) is 31.7 Å². The van der Waals surface area contributed by atoms with Gasteiger partial charge in [-0.3, -0.25) is 0 Å². The molecule has 0 aliphatic carbocycles. The molecule has 0 amide bonds. The lowest BCUT2D eigenvalue weighted by molar-refractivity contribution is 0.242. The number of aliphatic hydroxyl groups excluding tert-OH is 1. The highest BCUT2D eigenvalue weighted by atomic mass is 79.9. The van der Waals surface area contributed by atoms with Crippen molar-refractivity contribution in [2.75, 3.05) is 18.1 Å². The van der Waals surface area contributed by atoms with E-state index in [9.17, 15) is 5.11 Å². The molecule has 0 rings (SSSR count). The summed E-state index contributed by atoms with van der Waals surface area (Å²) >= 11 is 6.14. The van der Waals surface area contributed by atoms with Crippen LogP contribution in [0.15, 0.2) is 0 Å². The smallest absolute Gasteiger partial charge is 0.175 e. The zero-order valence-electron chi connectivity index (χ0n) is 6.50. The third-order valence-corrected chi connectivity index (χ3v) is 4.24. The van der Waals surface area contributed by atoms with Gasteiger partial charge in [-0.25, -0.2) is 0 Å². The van der Waals surface area contributed by atoms with Crippen molar-refractivity contribution in [2.24, 2.45) is 0 Å². The first-order valence-electron chi connectivity index (χ1n) is 3.52.